The van der Waals surface area contributed by atoms with Crippen molar-refractivity contribution in [1.29, 1.82) is 0 Å². The molecule has 1 amide bonds. The first-order valence-corrected chi connectivity index (χ1v) is 15.3. The van der Waals surface area contributed by atoms with Gasteiger partial charge in [-0.3, -0.25) is 4.79 Å². The Bertz CT molecular complexity index is 1250. The summed E-state index contributed by atoms with van der Waals surface area (Å²) < 4.78 is 28.0. The molecule has 1 atom stereocenters. The quantitative estimate of drug-likeness (QED) is 0.358. The fourth-order valence-corrected chi connectivity index (χ4v) is 8.64. The lowest BCUT2D eigenvalue weighted by Gasteiger charge is -2.18. The van der Waals surface area contributed by atoms with Crippen molar-refractivity contribution in [2.75, 3.05) is 26.6 Å². The van der Waals surface area contributed by atoms with Gasteiger partial charge in [0.05, 0.1) is 29.4 Å². The summed E-state index contributed by atoms with van der Waals surface area (Å²) in [5.41, 5.74) is 2.84. The van der Waals surface area contributed by atoms with Crippen LogP contribution in [-0.2, 0) is 0 Å². The molecule has 0 radical (unpaired) electrons. The SMILES string of the molecule is COc1cc(OC)c(NC(=O)c2ccc(Oc3cc4c(cc3C)[Si](C)(C)CC4C(C)C)o2)c(OC)c1. The molecule has 0 saturated carbocycles. The largest absolute Gasteiger partial charge is 0.496 e. The van der Waals surface area contributed by atoms with Crippen LogP contribution < -0.4 is 29.5 Å². The highest BCUT2D eigenvalue weighted by atomic mass is 28.3. The first kappa shape index (κ1) is 25.7. The molecule has 1 aliphatic rings. The van der Waals surface area contributed by atoms with Crippen LogP contribution in [0, 0.1) is 12.8 Å². The summed E-state index contributed by atoms with van der Waals surface area (Å²) >= 11 is 0. The van der Waals surface area contributed by atoms with E-state index in [4.69, 9.17) is 23.4 Å². The predicted octanol–water partition coefficient (Wildman–Crippen LogP) is 6.33. The molecule has 1 aliphatic heterocycles. The Morgan fingerprint density at radius 1 is 1.00 bits per heavy atom. The summed E-state index contributed by atoms with van der Waals surface area (Å²) in [5.74, 6) is 3.13. The first-order valence-electron chi connectivity index (χ1n) is 12.1. The Kier molecular flexibility index (Phi) is 7.09. The highest BCUT2D eigenvalue weighted by Crippen LogP contribution is 2.42. The van der Waals surface area contributed by atoms with Crippen LogP contribution in [-0.4, -0.2) is 35.3 Å². The summed E-state index contributed by atoms with van der Waals surface area (Å²) in [4.78, 5) is 13.0. The van der Waals surface area contributed by atoms with Crippen molar-refractivity contribution in [2.24, 2.45) is 5.92 Å². The van der Waals surface area contributed by atoms with Gasteiger partial charge in [-0.1, -0.05) is 38.2 Å². The number of ether oxygens (including phenoxy) is 4. The number of aryl methyl sites for hydroxylation is 1. The van der Waals surface area contributed by atoms with Crippen LogP contribution in [0.3, 0.4) is 0 Å². The number of carbonyl (C=O) groups excluding carboxylic acids is 1. The third-order valence-corrected chi connectivity index (χ3v) is 10.3. The predicted molar refractivity (Wildman–Crippen MR) is 144 cm³/mol. The van der Waals surface area contributed by atoms with Crippen LogP contribution in [0.4, 0.5) is 5.69 Å². The topological polar surface area (TPSA) is 79.2 Å². The molecular formula is C28H35NO6Si. The van der Waals surface area contributed by atoms with Gasteiger partial charge in [-0.05, 0) is 48.1 Å². The number of hydrogen-bond acceptors (Lipinski definition) is 6. The molecule has 1 N–H and O–H groups in total. The number of nitrogens with one attached hydrogen (secondary N) is 1. The second-order valence-electron chi connectivity index (χ2n) is 10.2. The Hall–Kier alpha value is -3.39. The molecule has 0 spiro atoms. The number of fused-ring (bicyclic) bond motifs is 1. The molecule has 7 nitrogen and oxygen atoms in total. The van der Waals surface area contributed by atoms with Gasteiger partial charge in [-0.15, -0.1) is 0 Å². The zero-order chi connectivity index (χ0) is 26.2. The van der Waals surface area contributed by atoms with Crippen LogP contribution in [0.15, 0.2) is 40.8 Å². The normalized spacial score (nSPS) is 16.0. The second-order valence-corrected chi connectivity index (χ2v) is 14.9. The van der Waals surface area contributed by atoms with E-state index in [1.165, 1.54) is 31.0 Å². The van der Waals surface area contributed by atoms with Crippen LogP contribution in [0.2, 0.25) is 19.1 Å². The van der Waals surface area contributed by atoms with Gasteiger partial charge in [0.2, 0.25) is 0 Å². The minimum absolute atomic E-state index is 0.109. The lowest BCUT2D eigenvalue weighted by Crippen LogP contribution is -2.37. The maximum Gasteiger partial charge on any atom is 0.291 e. The van der Waals surface area contributed by atoms with E-state index < -0.39 is 14.0 Å². The number of benzene rings is 2. The van der Waals surface area contributed by atoms with E-state index in [-0.39, 0.29) is 11.7 Å². The summed E-state index contributed by atoms with van der Waals surface area (Å²) in [5, 5.41) is 4.33. The van der Waals surface area contributed by atoms with Gasteiger partial charge in [0.25, 0.3) is 11.9 Å². The molecule has 192 valence electrons. The van der Waals surface area contributed by atoms with E-state index in [1.807, 2.05) is 0 Å². The van der Waals surface area contributed by atoms with Crippen LogP contribution in [0.1, 0.15) is 41.4 Å². The Balaban J connectivity index is 1.57. The minimum Gasteiger partial charge on any atom is -0.496 e. The van der Waals surface area contributed by atoms with E-state index in [0.717, 1.165) is 11.3 Å². The van der Waals surface area contributed by atoms with E-state index in [0.29, 0.717) is 34.8 Å². The maximum absolute atomic E-state index is 13.0. The minimum atomic E-state index is -1.46. The van der Waals surface area contributed by atoms with Gasteiger partial charge in [-0.2, -0.15) is 0 Å². The molecule has 36 heavy (non-hydrogen) atoms. The van der Waals surface area contributed by atoms with Crippen LogP contribution >= 0.6 is 0 Å². The van der Waals surface area contributed by atoms with Gasteiger partial charge >= 0.3 is 0 Å². The van der Waals surface area contributed by atoms with E-state index in [2.05, 4.69) is 51.3 Å². The third-order valence-electron chi connectivity index (χ3n) is 6.98. The summed E-state index contributed by atoms with van der Waals surface area (Å²) in [6, 6.07) is 12.3. The molecule has 0 bridgehead atoms. The molecular weight excluding hydrogens is 474 g/mol. The van der Waals surface area contributed by atoms with Gasteiger partial charge in [0.15, 0.2) is 5.76 Å². The highest BCUT2D eigenvalue weighted by Gasteiger charge is 2.40. The first-order chi connectivity index (χ1) is 17.1. The van der Waals surface area contributed by atoms with Gasteiger partial charge in [0.1, 0.15) is 28.7 Å². The van der Waals surface area contributed by atoms with Crippen molar-refractivity contribution < 1.29 is 28.2 Å². The average molecular weight is 510 g/mol. The van der Waals surface area contributed by atoms with Gasteiger partial charge in [-0.25, -0.2) is 0 Å². The highest BCUT2D eigenvalue weighted by molar-refractivity contribution is 6.91. The molecule has 2 heterocycles. The van der Waals surface area contributed by atoms with E-state index in [1.54, 1.807) is 31.4 Å². The van der Waals surface area contributed by atoms with E-state index in [9.17, 15) is 4.79 Å². The van der Waals surface area contributed by atoms with Gasteiger partial charge < -0.3 is 28.7 Å². The molecule has 0 saturated heterocycles. The molecule has 3 aromatic rings. The smallest absolute Gasteiger partial charge is 0.291 e. The average Bonchev–Trinajstić information content (AvgIpc) is 3.41. The Morgan fingerprint density at radius 3 is 2.25 bits per heavy atom. The zero-order valence-electron chi connectivity index (χ0n) is 22.3. The standard InChI is InChI=1S/C28H35NO6Si/c1-16(2)20-15-36(7,8)25-11-17(3)22(14-19(20)25)35-26-10-9-21(34-26)28(30)29-27-23(32-5)12-18(31-4)13-24(27)33-6/h9-14,16,20H,15H2,1-8H3,(H,29,30). The van der Waals surface area contributed by atoms with Gasteiger partial charge in [0, 0.05) is 18.2 Å². The van der Waals surface area contributed by atoms with Crippen molar-refractivity contribution in [3.63, 3.8) is 0 Å². The molecule has 0 fully saturated rings. The third kappa shape index (κ3) is 4.82. The maximum atomic E-state index is 13.0. The van der Waals surface area contributed by atoms with Crippen LogP contribution in [0.5, 0.6) is 28.9 Å². The lowest BCUT2D eigenvalue weighted by molar-refractivity contribution is 0.0991. The number of anilines is 1. The number of hydrogen-bond donors (Lipinski definition) is 1. The Labute approximate surface area is 213 Å². The molecule has 1 aromatic heterocycles. The zero-order valence-corrected chi connectivity index (χ0v) is 23.3. The van der Waals surface area contributed by atoms with Crippen molar-refractivity contribution in [2.45, 2.75) is 45.8 Å². The summed E-state index contributed by atoms with van der Waals surface area (Å²) in [6.07, 6.45) is 0. The number of amides is 1. The Morgan fingerprint density at radius 2 is 1.67 bits per heavy atom. The molecule has 1 unspecified atom stereocenters. The van der Waals surface area contributed by atoms with Crippen molar-refractivity contribution in [1.82, 2.24) is 0 Å². The second kappa shape index (κ2) is 9.93. The molecule has 4 rings (SSSR count). The van der Waals surface area contributed by atoms with Crippen molar-refractivity contribution in [3.8, 4) is 28.9 Å². The summed E-state index contributed by atoms with van der Waals surface area (Å²) in [6.45, 7) is 11.5. The fourth-order valence-electron chi connectivity index (χ4n) is 4.98. The van der Waals surface area contributed by atoms with Crippen molar-refractivity contribution >= 4 is 24.9 Å². The van der Waals surface area contributed by atoms with Crippen molar-refractivity contribution in [3.05, 3.63) is 53.3 Å². The number of carbonyl (C=O) groups is 1. The fraction of sp³-hybridized carbons (Fsp3) is 0.393. The molecule has 0 aliphatic carbocycles. The number of furan rings is 1. The number of methoxy groups -OCH3 is 3. The monoisotopic (exact) mass is 509 g/mol. The molecule has 8 heteroatoms. The van der Waals surface area contributed by atoms with E-state index >= 15 is 0 Å². The molecule has 2 aromatic carbocycles. The number of rotatable bonds is 8. The lowest BCUT2D eigenvalue weighted by atomic mass is 9.90. The summed E-state index contributed by atoms with van der Waals surface area (Å²) in [7, 11) is 3.10. The van der Waals surface area contributed by atoms with Crippen LogP contribution in [0.25, 0.3) is 0 Å².